The lowest BCUT2D eigenvalue weighted by Crippen LogP contribution is -2.53. The zero-order valence-corrected chi connectivity index (χ0v) is 23.2. The largest absolute Gasteiger partial charge is 0.451 e. The minimum absolute atomic E-state index is 0.0539. The maximum atomic E-state index is 15.2. The number of hydrogen-bond donors (Lipinski definition) is 1. The second kappa shape index (κ2) is 10.0. The molecule has 1 aliphatic carbocycles. The van der Waals surface area contributed by atoms with Gasteiger partial charge in [-0.05, 0) is 88.6 Å². The molecule has 2 fully saturated rings. The van der Waals surface area contributed by atoms with E-state index in [4.69, 9.17) is 9.47 Å². The second-order valence-corrected chi connectivity index (χ2v) is 12.4. The van der Waals surface area contributed by atoms with Crippen LogP contribution in [0, 0.1) is 23.1 Å². The van der Waals surface area contributed by atoms with Crippen LogP contribution in [0.15, 0.2) is 36.4 Å². The Bertz CT molecular complexity index is 1340. The number of nitrogens with zero attached hydrogens (tertiary/aromatic N) is 2. The molecule has 2 aromatic carbocycles. The van der Waals surface area contributed by atoms with Crippen LogP contribution < -0.4 is 5.32 Å². The van der Waals surface area contributed by atoms with E-state index in [1.807, 2.05) is 46.8 Å². The molecule has 2 heterocycles. The minimum atomic E-state index is -0.862. The number of hydrogen-bond acceptors (Lipinski definition) is 6. The molecule has 1 saturated heterocycles. The Morgan fingerprint density at radius 1 is 1.23 bits per heavy atom. The first-order valence-corrected chi connectivity index (χ1v) is 13.6. The van der Waals surface area contributed by atoms with Crippen LogP contribution in [-0.4, -0.2) is 47.2 Å². The van der Waals surface area contributed by atoms with Gasteiger partial charge in [-0.15, -0.1) is 0 Å². The van der Waals surface area contributed by atoms with Crippen molar-refractivity contribution >= 4 is 11.9 Å². The Balaban J connectivity index is 1.27. The van der Waals surface area contributed by atoms with Crippen molar-refractivity contribution in [2.45, 2.75) is 89.6 Å². The van der Waals surface area contributed by atoms with Gasteiger partial charge in [0.2, 0.25) is 5.91 Å². The van der Waals surface area contributed by atoms with Crippen LogP contribution in [-0.2, 0) is 26.3 Å². The van der Waals surface area contributed by atoms with Crippen molar-refractivity contribution in [3.63, 3.8) is 0 Å². The number of esters is 1. The van der Waals surface area contributed by atoms with E-state index in [0.29, 0.717) is 35.0 Å². The van der Waals surface area contributed by atoms with Crippen LogP contribution in [0.2, 0.25) is 0 Å². The van der Waals surface area contributed by atoms with Crippen LogP contribution in [0.1, 0.15) is 75.4 Å². The van der Waals surface area contributed by atoms with Gasteiger partial charge in [-0.25, -0.2) is 9.18 Å². The Kier molecular flexibility index (Phi) is 7.02. The zero-order valence-electron chi connectivity index (χ0n) is 23.2. The number of cyclic esters (lactones) is 1. The summed E-state index contributed by atoms with van der Waals surface area (Å²) in [4.78, 5) is 27.7. The number of nitrogens with one attached hydrogen (secondary N) is 1. The highest BCUT2D eigenvalue weighted by Gasteiger charge is 2.49. The summed E-state index contributed by atoms with van der Waals surface area (Å²) >= 11 is 0. The topological polar surface area (TPSA) is 91.7 Å². The van der Waals surface area contributed by atoms with Gasteiger partial charge < -0.3 is 14.8 Å². The number of carbonyl (C=O) groups excluding carboxylic acids is 2. The van der Waals surface area contributed by atoms with Crippen molar-refractivity contribution in [1.82, 2.24) is 10.2 Å². The fourth-order valence-electron chi connectivity index (χ4n) is 6.15. The molecular weight excluding hydrogens is 497 g/mol. The summed E-state index contributed by atoms with van der Waals surface area (Å²) in [7, 11) is 0. The van der Waals surface area contributed by atoms with E-state index < -0.39 is 17.5 Å². The van der Waals surface area contributed by atoms with Crippen LogP contribution in [0.3, 0.4) is 0 Å². The van der Waals surface area contributed by atoms with E-state index in [1.165, 1.54) is 6.07 Å². The van der Waals surface area contributed by atoms with Gasteiger partial charge in [-0.2, -0.15) is 5.26 Å². The van der Waals surface area contributed by atoms with E-state index in [0.717, 1.165) is 24.8 Å². The zero-order chi connectivity index (χ0) is 28.1. The third kappa shape index (κ3) is 5.43. The number of nitriles is 1. The molecule has 8 heteroatoms. The molecule has 4 unspecified atom stereocenters. The standard InChI is InChI=1S/C31H36FN3O4/c1-30(2,3)38-17-35-23-10-8-21(13-23)27(35)28(36)34-22(16-33)12-20-7-6-19(15-26(20)32)18-9-11-25-24(14-18)29(37)39-31(25,4)5/h6-7,9,11,14-15,21-23,27H,8,10,12-13,17H2,1-5H3,(H,34,36). The molecule has 1 N–H and O–H groups in total. The van der Waals surface area contributed by atoms with Crippen LogP contribution in [0.25, 0.3) is 11.1 Å². The van der Waals surface area contributed by atoms with Crippen molar-refractivity contribution in [3.8, 4) is 17.2 Å². The van der Waals surface area contributed by atoms with E-state index in [9.17, 15) is 14.9 Å². The Morgan fingerprint density at radius 2 is 1.95 bits per heavy atom. The molecule has 2 aliphatic heterocycles. The molecule has 7 nitrogen and oxygen atoms in total. The normalized spacial score (nSPS) is 24.2. The fourth-order valence-corrected chi connectivity index (χ4v) is 6.15. The highest BCUT2D eigenvalue weighted by atomic mass is 19.1. The van der Waals surface area contributed by atoms with Gasteiger partial charge in [0, 0.05) is 18.0 Å². The van der Waals surface area contributed by atoms with Gasteiger partial charge in [0.1, 0.15) is 24.2 Å². The smallest absolute Gasteiger partial charge is 0.339 e. The van der Waals surface area contributed by atoms with Crippen molar-refractivity contribution in [1.29, 1.82) is 5.26 Å². The van der Waals surface area contributed by atoms with Gasteiger partial charge in [0.25, 0.3) is 0 Å². The molecule has 0 radical (unpaired) electrons. The third-order valence-electron chi connectivity index (χ3n) is 8.15. The van der Waals surface area contributed by atoms with Crippen LogP contribution in [0.5, 0.6) is 0 Å². The average molecular weight is 534 g/mol. The van der Waals surface area contributed by atoms with Gasteiger partial charge >= 0.3 is 5.97 Å². The summed E-state index contributed by atoms with van der Waals surface area (Å²) in [6, 6.07) is 11.5. The lowest BCUT2D eigenvalue weighted by atomic mass is 9.92. The number of benzene rings is 2. The molecule has 5 rings (SSSR count). The van der Waals surface area contributed by atoms with Crippen molar-refractivity contribution < 1.29 is 23.5 Å². The Hall–Kier alpha value is -3.28. The highest BCUT2D eigenvalue weighted by Crippen LogP contribution is 2.43. The third-order valence-corrected chi connectivity index (χ3v) is 8.15. The minimum Gasteiger partial charge on any atom is -0.451 e. The quantitative estimate of drug-likeness (QED) is 0.500. The van der Waals surface area contributed by atoms with E-state index >= 15 is 4.39 Å². The van der Waals surface area contributed by atoms with Gasteiger partial charge in [-0.1, -0.05) is 24.3 Å². The summed E-state index contributed by atoms with van der Waals surface area (Å²) in [5.74, 6) is -0.813. The summed E-state index contributed by atoms with van der Waals surface area (Å²) < 4.78 is 26.6. The molecular formula is C31H36FN3O4. The monoisotopic (exact) mass is 533 g/mol. The van der Waals surface area contributed by atoms with E-state index in [1.54, 1.807) is 18.2 Å². The van der Waals surface area contributed by atoms with Crippen molar-refractivity contribution in [2.24, 2.45) is 5.92 Å². The molecule has 2 aromatic rings. The number of amides is 1. The predicted molar refractivity (Wildman–Crippen MR) is 144 cm³/mol. The lowest BCUT2D eigenvalue weighted by Gasteiger charge is -2.36. The first-order chi connectivity index (χ1) is 18.4. The average Bonchev–Trinajstić information content (AvgIpc) is 3.54. The van der Waals surface area contributed by atoms with E-state index in [-0.39, 0.29) is 35.9 Å². The molecule has 39 heavy (non-hydrogen) atoms. The maximum Gasteiger partial charge on any atom is 0.339 e. The number of carbonyl (C=O) groups is 2. The Labute approximate surface area is 229 Å². The number of piperidine rings is 1. The van der Waals surface area contributed by atoms with Crippen molar-refractivity contribution in [2.75, 3.05) is 6.73 Å². The number of ether oxygens (including phenoxy) is 2. The summed E-state index contributed by atoms with van der Waals surface area (Å²) in [5.41, 5.74) is 1.94. The molecule has 1 amide bonds. The van der Waals surface area contributed by atoms with Gasteiger partial charge in [-0.3, -0.25) is 9.69 Å². The fraction of sp³-hybridized carbons (Fsp3) is 0.516. The first kappa shape index (κ1) is 27.3. The first-order valence-electron chi connectivity index (χ1n) is 13.6. The van der Waals surface area contributed by atoms with Crippen LogP contribution >= 0.6 is 0 Å². The Morgan fingerprint density at radius 3 is 2.64 bits per heavy atom. The number of halogens is 1. The van der Waals surface area contributed by atoms with Gasteiger partial charge in [0.15, 0.2) is 0 Å². The van der Waals surface area contributed by atoms with Crippen molar-refractivity contribution in [3.05, 3.63) is 58.9 Å². The number of likely N-dealkylation sites (tertiary alicyclic amines) is 1. The molecule has 206 valence electrons. The van der Waals surface area contributed by atoms with Crippen LogP contribution in [0.4, 0.5) is 4.39 Å². The summed E-state index contributed by atoms with van der Waals surface area (Å²) in [6.45, 7) is 10.0. The number of fused-ring (bicyclic) bond motifs is 3. The molecule has 4 atom stereocenters. The molecule has 2 bridgehead atoms. The number of rotatable bonds is 7. The summed E-state index contributed by atoms with van der Waals surface area (Å²) in [6.07, 6.45) is 3.04. The second-order valence-electron chi connectivity index (χ2n) is 12.4. The maximum absolute atomic E-state index is 15.2. The summed E-state index contributed by atoms with van der Waals surface area (Å²) in [5, 5.41) is 12.7. The molecule has 1 saturated carbocycles. The predicted octanol–water partition coefficient (Wildman–Crippen LogP) is 5.07. The SMILES string of the molecule is CC(C)(C)OCN1C2CCC(C2)C1C(=O)NC(C#N)Cc1ccc(-c2ccc3c(c2)C(=O)OC3(C)C)cc1F. The van der Waals surface area contributed by atoms with E-state index in [2.05, 4.69) is 16.3 Å². The molecule has 3 aliphatic rings. The molecule has 0 aromatic heterocycles. The highest BCUT2D eigenvalue weighted by molar-refractivity contribution is 5.96. The van der Waals surface area contributed by atoms with Gasteiger partial charge in [0.05, 0.1) is 23.3 Å². The lowest BCUT2D eigenvalue weighted by molar-refractivity contribution is -0.136. The molecule has 0 spiro atoms.